The van der Waals surface area contributed by atoms with E-state index in [4.69, 9.17) is 4.42 Å². The van der Waals surface area contributed by atoms with E-state index in [-0.39, 0.29) is 0 Å². The van der Waals surface area contributed by atoms with Crippen LogP contribution in [-0.4, -0.2) is 24.5 Å². The highest BCUT2D eigenvalue weighted by atomic mass is 16.3. The molecular weight excluding hydrogens is 224 g/mol. The van der Waals surface area contributed by atoms with Crippen molar-refractivity contribution in [3.05, 3.63) is 23.2 Å². The zero-order chi connectivity index (χ0) is 13.1. The maximum absolute atomic E-state index is 5.87. The van der Waals surface area contributed by atoms with Gasteiger partial charge in [-0.15, -0.1) is 0 Å². The van der Waals surface area contributed by atoms with Gasteiger partial charge >= 0.3 is 0 Å². The van der Waals surface area contributed by atoms with E-state index in [0.717, 1.165) is 30.5 Å². The molecule has 18 heavy (non-hydrogen) atoms. The Balaban J connectivity index is 2.01. The lowest BCUT2D eigenvalue weighted by Gasteiger charge is -2.36. The van der Waals surface area contributed by atoms with Crippen molar-refractivity contribution in [3.63, 3.8) is 0 Å². The van der Waals surface area contributed by atoms with Gasteiger partial charge in [0, 0.05) is 24.7 Å². The largest absolute Gasteiger partial charge is 0.465 e. The molecule has 1 aliphatic heterocycles. The van der Waals surface area contributed by atoms with E-state index < -0.39 is 0 Å². The minimum Gasteiger partial charge on any atom is -0.465 e. The number of rotatable bonds is 4. The third-order valence-electron chi connectivity index (χ3n) is 4.04. The Hall–Kier alpha value is -0.800. The number of likely N-dealkylation sites (tertiary alicyclic amines) is 1. The number of furan rings is 1. The molecule has 0 saturated carbocycles. The van der Waals surface area contributed by atoms with Crippen molar-refractivity contribution in [1.82, 2.24) is 10.2 Å². The molecule has 0 bridgehead atoms. The van der Waals surface area contributed by atoms with E-state index in [1.54, 1.807) is 0 Å². The average molecular weight is 250 g/mol. The summed E-state index contributed by atoms with van der Waals surface area (Å²) in [7, 11) is 1.97. The zero-order valence-corrected chi connectivity index (χ0v) is 12.1. The monoisotopic (exact) mass is 250 g/mol. The molecule has 1 aromatic rings. The molecule has 2 atom stereocenters. The summed E-state index contributed by atoms with van der Waals surface area (Å²) in [5.74, 6) is 2.98. The lowest BCUT2D eigenvalue weighted by molar-refractivity contribution is 0.108. The van der Waals surface area contributed by atoms with Crippen LogP contribution in [0.5, 0.6) is 0 Å². The van der Waals surface area contributed by atoms with Gasteiger partial charge in [0.25, 0.3) is 0 Å². The van der Waals surface area contributed by atoms with Crippen LogP contribution in [0.2, 0.25) is 0 Å². The first-order chi connectivity index (χ1) is 8.60. The van der Waals surface area contributed by atoms with Gasteiger partial charge < -0.3 is 9.73 Å². The fourth-order valence-corrected chi connectivity index (χ4v) is 2.83. The van der Waals surface area contributed by atoms with Crippen LogP contribution in [0.4, 0.5) is 0 Å². The van der Waals surface area contributed by atoms with Crippen LogP contribution in [0.1, 0.15) is 43.8 Å². The van der Waals surface area contributed by atoms with E-state index in [1.165, 1.54) is 24.9 Å². The maximum atomic E-state index is 5.87. The maximum Gasteiger partial charge on any atom is 0.118 e. The van der Waals surface area contributed by atoms with Gasteiger partial charge in [0.1, 0.15) is 11.5 Å². The first-order valence-electron chi connectivity index (χ1n) is 7.07. The van der Waals surface area contributed by atoms with Gasteiger partial charge in [-0.05, 0) is 45.7 Å². The predicted molar refractivity (Wildman–Crippen MR) is 74.5 cm³/mol. The molecule has 0 aliphatic carbocycles. The number of nitrogens with zero attached hydrogens (tertiary/aromatic N) is 1. The van der Waals surface area contributed by atoms with Crippen molar-refractivity contribution in [3.8, 4) is 0 Å². The highest BCUT2D eigenvalue weighted by molar-refractivity contribution is 5.20. The Kier molecular flexibility index (Phi) is 4.46. The van der Waals surface area contributed by atoms with Gasteiger partial charge in [-0.3, -0.25) is 4.90 Å². The van der Waals surface area contributed by atoms with E-state index in [2.05, 4.69) is 37.1 Å². The summed E-state index contributed by atoms with van der Waals surface area (Å²) in [4.78, 5) is 2.55. The smallest absolute Gasteiger partial charge is 0.118 e. The van der Waals surface area contributed by atoms with Crippen molar-refractivity contribution in [2.24, 2.45) is 5.92 Å². The molecule has 102 valence electrons. The van der Waals surface area contributed by atoms with Gasteiger partial charge in [0.2, 0.25) is 0 Å². The lowest BCUT2D eigenvalue weighted by Crippen LogP contribution is -2.40. The molecule has 2 unspecified atom stereocenters. The van der Waals surface area contributed by atoms with Crippen molar-refractivity contribution < 1.29 is 4.42 Å². The van der Waals surface area contributed by atoms with Crippen LogP contribution in [0.3, 0.4) is 0 Å². The summed E-state index contributed by atoms with van der Waals surface area (Å²) in [5, 5.41) is 3.18. The van der Waals surface area contributed by atoms with Gasteiger partial charge in [-0.1, -0.05) is 6.92 Å². The van der Waals surface area contributed by atoms with E-state index in [1.807, 2.05) is 7.05 Å². The second-order valence-electron chi connectivity index (χ2n) is 5.79. The van der Waals surface area contributed by atoms with Crippen LogP contribution in [0.25, 0.3) is 0 Å². The molecule has 1 aliphatic rings. The Morgan fingerprint density at radius 2 is 2.17 bits per heavy atom. The van der Waals surface area contributed by atoms with E-state index in [0.29, 0.717) is 6.04 Å². The molecule has 1 saturated heterocycles. The summed E-state index contributed by atoms with van der Waals surface area (Å²) in [6.07, 6.45) is 2.67. The molecule has 2 rings (SSSR count). The van der Waals surface area contributed by atoms with Gasteiger partial charge in [-0.2, -0.15) is 0 Å². The molecule has 0 amide bonds. The number of aryl methyl sites for hydroxylation is 1. The summed E-state index contributed by atoms with van der Waals surface area (Å²) in [6, 6.07) is 2.89. The molecule has 2 heterocycles. The summed E-state index contributed by atoms with van der Waals surface area (Å²) >= 11 is 0. The second kappa shape index (κ2) is 5.89. The van der Waals surface area contributed by atoms with Crippen molar-refractivity contribution in [2.45, 2.75) is 52.7 Å². The SMILES string of the molecule is CNCc1cc(CN2CC(C)CCC2C)oc1C. The Bertz CT molecular complexity index is 386. The standard InChI is InChI=1S/C15H26N2O/c1-11-5-6-12(2)17(9-11)10-15-7-14(8-16-4)13(3)18-15/h7,11-12,16H,5-6,8-10H2,1-4H3. The first kappa shape index (κ1) is 13.6. The molecule has 1 fully saturated rings. The van der Waals surface area contributed by atoms with Crippen LogP contribution in [-0.2, 0) is 13.1 Å². The summed E-state index contributed by atoms with van der Waals surface area (Å²) < 4.78 is 5.87. The zero-order valence-electron chi connectivity index (χ0n) is 12.1. The molecule has 0 spiro atoms. The molecule has 0 aromatic carbocycles. The third kappa shape index (κ3) is 3.15. The van der Waals surface area contributed by atoms with Gasteiger partial charge in [0.05, 0.1) is 6.54 Å². The quantitative estimate of drug-likeness (QED) is 0.890. The highest BCUT2D eigenvalue weighted by Crippen LogP contribution is 2.24. The number of nitrogens with one attached hydrogen (secondary N) is 1. The topological polar surface area (TPSA) is 28.4 Å². The van der Waals surface area contributed by atoms with Crippen LogP contribution < -0.4 is 5.32 Å². The van der Waals surface area contributed by atoms with E-state index >= 15 is 0 Å². The first-order valence-corrected chi connectivity index (χ1v) is 7.07. The molecule has 3 nitrogen and oxygen atoms in total. The van der Waals surface area contributed by atoms with Crippen LogP contribution in [0, 0.1) is 12.8 Å². The van der Waals surface area contributed by atoms with Crippen LogP contribution in [0.15, 0.2) is 10.5 Å². The van der Waals surface area contributed by atoms with Gasteiger partial charge in [-0.25, -0.2) is 0 Å². The number of hydrogen-bond acceptors (Lipinski definition) is 3. The average Bonchev–Trinajstić information content (AvgIpc) is 2.65. The Labute approximate surface area is 111 Å². The van der Waals surface area contributed by atoms with Gasteiger partial charge in [0.15, 0.2) is 0 Å². The predicted octanol–water partition coefficient (Wildman–Crippen LogP) is 2.93. The number of piperidine rings is 1. The Morgan fingerprint density at radius 3 is 2.89 bits per heavy atom. The minimum atomic E-state index is 0.680. The molecule has 0 radical (unpaired) electrons. The molecule has 3 heteroatoms. The second-order valence-corrected chi connectivity index (χ2v) is 5.79. The molecule has 1 aromatic heterocycles. The Morgan fingerprint density at radius 1 is 1.39 bits per heavy atom. The highest BCUT2D eigenvalue weighted by Gasteiger charge is 2.23. The fraction of sp³-hybridized carbons (Fsp3) is 0.733. The molecule has 1 N–H and O–H groups in total. The lowest BCUT2D eigenvalue weighted by atomic mass is 9.95. The van der Waals surface area contributed by atoms with Crippen molar-refractivity contribution >= 4 is 0 Å². The van der Waals surface area contributed by atoms with Crippen LogP contribution >= 0.6 is 0 Å². The third-order valence-corrected chi connectivity index (χ3v) is 4.04. The normalized spacial score (nSPS) is 25.6. The molecular formula is C15H26N2O. The minimum absolute atomic E-state index is 0.680. The van der Waals surface area contributed by atoms with Crippen molar-refractivity contribution in [2.75, 3.05) is 13.6 Å². The van der Waals surface area contributed by atoms with E-state index in [9.17, 15) is 0 Å². The fourth-order valence-electron chi connectivity index (χ4n) is 2.83. The summed E-state index contributed by atoms with van der Waals surface area (Å²) in [5.41, 5.74) is 1.28. The van der Waals surface area contributed by atoms with Crippen molar-refractivity contribution in [1.29, 1.82) is 0 Å². The summed E-state index contributed by atoms with van der Waals surface area (Å²) in [6.45, 7) is 9.77. The number of hydrogen-bond donors (Lipinski definition) is 1.